The van der Waals surface area contributed by atoms with Crippen LogP contribution in [0.4, 0.5) is 0 Å². The Morgan fingerprint density at radius 3 is 2.20 bits per heavy atom. The molecule has 0 saturated heterocycles. The summed E-state index contributed by atoms with van der Waals surface area (Å²) in [6.45, 7) is 12.2. The second-order valence-electron chi connectivity index (χ2n) is 8.67. The topological polar surface area (TPSA) is 0 Å². The fourth-order valence-electron chi connectivity index (χ4n) is 4.37. The van der Waals surface area contributed by atoms with Crippen LogP contribution in [0.2, 0.25) is 5.21 Å². The first-order chi connectivity index (χ1) is 9.26. The smallest absolute Gasteiger partial charge is 0.0769 e. The molecule has 0 aromatic carbocycles. The van der Waals surface area contributed by atoms with E-state index in [1.54, 1.807) is 0 Å². The molecule has 2 atom stereocenters. The quantitative estimate of drug-likeness (QED) is 0.431. The van der Waals surface area contributed by atoms with E-state index in [9.17, 15) is 0 Å². The third-order valence-corrected chi connectivity index (χ3v) is 7.06. The zero-order valence-electron chi connectivity index (χ0n) is 15.4. The molecular weight excluding hydrogens is 238 g/mol. The minimum absolute atomic E-state index is 0.467. The zero-order valence-corrected chi connectivity index (χ0v) is 15.4. The van der Waals surface area contributed by atoms with Gasteiger partial charge in [-0.2, -0.15) is 0 Å². The molecule has 0 bridgehead atoms. The largest absolute Gasteiger partial charge is 0.100 e. The molecule has 2 heteroatoms. The van der Waals surface area contributed by atoms with Gasteiger partial charge in [-0.3, -0.25) is 0 Å². The van der Waals surface area contributed by atoms with Crippen molar-refractivity contribution in [2.45, 2.75) is 91.2 Å². The van der Waals surface area contributed by atoms with Gasteiger partial charge in [0.05, 0.1) is 0 Å². The maximum Gasteiger partial charge on any atom is 0.100 e. The standard InChI is InChI=1S/C18H38B2/c1-6-8-9-10-17(5,7-2)18(19,20)15(4)13-16-11-14(3)12-16/h14-16H,6-13,19-20H2,1-5H3. The molecule has 0 aliphatic heterocycles. The number of unbranched alkanes of at least 4 members (excludes halogenated alkanes) is 2. The number of rotatable bonds is 9. The third-order valence-electron chi connectivity index (χ3n) is 7.06. The van der Waals surface area contributed by atoms with Crippen molar-refractivity contribution in [1.82, 2.24) is 0 Å². The average Bonchev–Trinajstić information content (AvgIpc) is 2.36. The van der Waals surface area contributed by atoms with E-state index < -0.39 is 0 Å². The molecule has 116 valence electrons. The van der Waals surface area contributed by atoms with E-state index >= 15 is 0 Å². The van der Waals surface area contributed by atoms with Gasteiger partial charge >= 0.3 is 0 Å². The second-order valence-corrected chi connectivity index (χ2v) is 8.67. The van der Waals surface area contributed by atoms with Crippen LogP contribution in [0.25, 0.3) is 0 Å². The fourth-order valence-corrected chi connectivity index (χ4v) is 4.37. The fraction of sp³-hybridized carbons (Fsp3) is 1.00. The van der Waals surface area contributed by atoms with E-state index in [1.165, 1.54) is 51.4 Å². The monoisotopic (exact) mass is 276 g/mol. The van der Waals surface area contributed by atoms with Crippen molar-refractivity contribution >= 4 is 15.7 Å². The summed E-state index contributed by atoms with van der Waals surface area (Å²) in [4.78, 5) is 0. The summed E-state index contributed by atoms with van der Waals surface area (Å²) < 4.78 is 0. The second kappa shape index (κ2) is 7.41. The van der Waals surface area contributed by atoms with Gasteiger partial charge in [-0.25, -0.2) is 0 Å². The summed E-state index contributed by atoms with van der Waals surface area (Å²) in [7, 11) is 5.10. The molecule has 0 amide bonds. The summed E-state index contributed by atoms with van der Waals surface area (Å²) in [5.74, 6) is 2.88. The highest BCUT2D eigenvalue weighted by Gasteiger charge is 2.43. The molecule has 1 rings (SSSR count). The molecule has 0 N–H and O–H groups in total. The van der Waals surface area contributed by atoms with Gasteiger partial charge in [-0.1, -0.05) is 71.4 Å². The van der Waals surface area contributed by atoms with Crippen LogP contribution >= 0.6 is 0 Å². The van der Waals surface area contributed by atoms with Gasteiger partial charge in [0.15, 0.2) is 0 Å². The van der Waals surface area contributed by atoms with Crippen LogP contribution in [-0.4, -0.2) is 15.7 Å². The van der Waals surface area contributed by atoms with Crippen molar-refractivity contribution in [3.63, 3.8) is 0 Å². The Morgan fingerprint density at radius 1 is 1.15 bits per heavy atom. The Hall–Kier alpha value is 0.130. The molecule has 1 fully saturated rings. The molecule has 1 aliphatic carbocycles. The Labute approximate surface area is 130 Å². The van der Waals surface area contributed by atoms with E-state index in [1.807, 2.05) is 0 Å². The maximum atomic E-state index is 2.56. The number of hydrogen-bond acceptors (Lipinski definition) is 0. The van der Waals surface area contributed by atoms with Crippen molar-refractivity contribution in [2.24, 2.45) is 23.2 Å². The maximum absolute atomic E-state index is 2.56. The Kier molecular flexibility index (Phi) is 6.74. The lowest BCUT2D eigenvalue weighted by Crippen LogP contribution is -2.41. The first-order valence-electron chi connectivity index (χ1n) is 9.26. The highest BCUT2D eigenvalue weighted by atomic mass is 14.4. The molecule has 1 aliphatic rings. The van der Waals surface area contributed by atoms with Gasteiger partial charge < -0.3 is 0 Å². The van der Waals surface area contributed by atoms with E-state index in [2.05, 4.69) is 50.3 Å². The van der Waals surface area contributed by atoms with Crippen molar-refractivity contribution < 1.29 is 0 Å². The first-order valence-corrected chi connectivity index (χ1v) is 9.26. The summed E-state index contributed by atoms with van der Waals surface area (Å²) in [5.41, 5.74) is 0.511. The lowest BCUT2D eigenvalue weighted by Gasteiger charge is -2.50. The predicted octanol–water partition coefficient (Wildman–Crippen LogP) is 4.44. The van der Waals surface area contributed by atoms with Gasteiger partial charge in [0.2, 0.25) is 0 Å². The van der Waals surface area contributed by atoms with Crippen LogP contribution in [-0.2, 0) is 0 Å². The van der Waals surface area contributed by atoms with Gasteiger partial charge in [-0.05, 0) is 42.9 Å². The minimum Gasteiger partial charge on any atom is -0.0769 e. The van der Waals surface area contributed by atoms with Crippen molar-refractivity contribution in [2.75, 3.05) is 0 Å². The third kappa shape index (κ3) is 4.08. The Balaban J connectivity index is 2.61. The van der Waals surface area contributed by atoms with Crippen molar-refractivity contribution in [3.8, 4) is 0 Å². The van der Waals surface area contributed by atoms with E-state index in [0.29, 0.717) is 10.6 Å². The Bertz CT molecular complexity index is 281. The van der Waals surface area contributed by atoms with E-state index in [-0.39, 0.29) is 0 Å². The minimum atomic E-state index is 0.467. The molecule has 0 spiro atoms. The van der Waals surface area contributed by atoms with Crippen molar-refractivity contribution in [1.29, 1.82) is 0 Å². The molecule has 0 heterocycles. The highest BCUT2D eigenvalue weighted by molar-refractivity contribution is 6.40. The zero-order chi connectivity index (χ0) is 15.4. The normalized spacial score (nSPS) is 27.6. The van der Waals surface area contributed by atoms with Gasteiger partial charge in [0, 0.05) is 0 Å². The molecule has 0 nitrogen and oxygen atoms in total. The molecule has 0 radical (unpaired) electrons. The van der Waals surface area contributed by atoms with Gasteiger partial charge in [0.1, 0.15) is 15.7 Å². The molecule has 0 aromatic rings. The SMILES string of the molecule is BC(B)(C(C)CC1CC(C)C1)C(C)(CC)CCCCC. The van der Waals surface area contributed by atoms with Crippen LogP contribution in [0.3, 0.4) is 0 Å². The van der Waals surface area contributed by atoms with E-state index in [0.717, 1.165) is 17.8 Å². The van der Waals surface area contributed by atoms with Crippen LogP contribution in [0, 0.1) is 23.2 Å². The first kappa shape index (κ1) is 18.2. The lowest BCUT2D eigenvalue weighted by molar-refractivity contribution is 0.127. The predicted molar refractivity (Wildman–Crippen MR) is 98.0 cm³/mol. The molecule has 2 unspecified atom stereocenters. The van der Waals surface area contributed by atoms with Crippen LogP contribution in [0.1, 0.15) is 86.0 Å². The number of hydrogen-bond donors (Lipinski definition) is 0. The van der Waals surface area contributed by atoms with Crippen molar-refractivity contribution in [3.05, 3.63) is 0 Å². The molecular formula is C18H38B2. The summed E-state index contributed by atoms with van der Waals surface area (Å²) >= 11 is 0. The highest BCUT2D eigenvalue weighted by Crippen LogP contribution is 2.54. The summed E-state index contributed by atoms with van der Waals surface area (Å²) in [5, 5.41) is 0.467. The summed E-state index contributed by atoms with van der Waals surface area (Å²) in [6.07, 6.45) is 11.3. The van der Waals surface area contributed by atoms with E-state index in [4.69, 9.17) is 0 Å². The van der Waals surface area contributed by atoms with Gasteiger partial charge in [0.25, 0.3) is 0 Å². The van der Waals surface area contributed by atoms with Crippen LogP contribution in [0.5, 0.6) is 0 Å². The van der Waals surface area contributed by atoms with Crippen LogP contribution in [0.15, 0.2) is 0 Å². The van der Waals surface area contributed by atoms with Gasteiger partial charge in [-0.15, -0.1) is 0 Å². The summed E-state index contributed by atoms with van der Waals surface area (Å²) in [6, 6.07) is 0. The lowest BCUT2D eigenvalue weighted by atomic mass is 9.36. The Morgan fingerprint density at radius 2 is 1.75 bits per heavy atom. The van der Waals surface area contributed by atoms with Crippen LogP contribution < -0.4 is 0 Å². The molecule has 0 aromatic heterocycles. The molecule has 1 saturated carbocycles. The average molecular weight is 276 g/mol. The molecule has 20 heavy (non-hydrogen) atoms.